The minimum atomic E-state index is -0.366. The van der Waals surface area contributed by atoms with Crippen molar-refractivity contribution in [1.82, 2.24) is 0 Å². The van der Waals surface area contributed by atoms with Gasteiger partial charge in [0.2, 0.25) is 5.78 Å². The number of thioether (sulfide) groups is 1. The third-order valence-corrected chi connectivity index (χ3v) is 3.35. The quantitative estimate of drug-likeness (QED) is 0.738. The van der Waals surface area contributed by atoms with Gasteiger partial charge < -0.3 is 5.73 Å². The summed E-state index contributed by atoms with van der Waals surface area (Å²) in [6, 6.07) is -0.366. The lowest BCUT2D eigenvalue weighted by Crippen LogP contribution is -2.39. The van der Waals surface area contributed by atoms with E-state index in [-0.39, 0.29) is 17.7 Å². The van der Waals surface area contributed by atoms with Gasteiger partial charge in [-0.05, 0) is 5.92 Å². The Labute approximate surface area is 83.2 Å². The molecule has 74 valence electrons. The van der Waals surface area contributed by atoms with Crippen LogP contribution in [0.2, 0.25) is 0 Å². The van der Waals surface area contributed by atoms with Crippen molar-refractivity contribution < 1.29 is 4.79 Å². The molecule has 0 saturated carbocycles. The van der Waals surface area contributed by atoms with Gasteiger partial charge in [0.05, 0.1) is 6.04 Å². The highest BCUT2D eigenvalue weighted by Gasteiger charge is 2.25. The summed E-state index contributed by atoms with van der Waals surface area (Å²) in [7, 11) is 0. The summed E-state index contributed by atoms with van der Waals surface area (Å²) in [4.78, 5) is 15.8. The molecular formula is C9H16N2OS. The van der Waals surface area contributed by atoms with Gasteiger partial charge in [-0.15, -0.1) is 11.8 Å². The lowest BCUT2D eigenvalue weighted by molar-refractivity contribution is -0.114. The first kappa shape index (κ1) is 10.7. The van der Waals surface area contributed by atoms with Gasteiger partial charge in [0.15, 0.2) is 0 Å². The highest BCUT2D eigenvalue weighted by atomic mass is 32.2. The second kappa shape index (κ2) is 4.77. The van der Waals surface area contributed by atoms with E-state index < -0.39 is 0 Å². The zero-order valence-electron chi connectivity index (χ0n) is 8.12. The fraction of sp³-hybridized carbons (Fsp3) is 0.778. The number of hydrogen-bond donors (Lipinski definition) is 1. The fourth-order valence-corrected chi connectivity index (χ4v) is 1.98. The Morgan fingerprint density at radius 1 is 1.77 bits per heavy atom. The summed E-state index contributed by atoms with van der Waals surface area (Å²) in [5.74, 6) is 1.20. The Morgan fingerprint density at radius 3 is 2.92 bits per heavy atom. The van der Waals surface area contributed by atoms with Crippen molar-refractivity contribution in [2.45, 2.75) is 26.3 Å². The lowest BCUT2D eigenvalue weighted by atomic mass is 9.97. The molecule has 2 N–H and O–H groups in total. The van der Waals surface area contributed by atoms with Crippen molar-refractivity contribution in [1.29, 1.82) is 0 Å². The number of ketones is 1. The van der Waals surface area contributed by atoms with Gasteiger partial charge >= 0.3 is 0 Å². The van der Waals surface area contributed by atoms with Gasteiger partial charge in [-0.2, -0.15) is 0 Å². The molecule has 4 heteroatoms. The number of hydrogen-bond acceptors (Lipinski definition) is 4. The van der Waals surface area contributed by atoms with Crippen LogP contribution >= 0.6 is 11.8 Å². The molecule has 1 aliphatic rings. The van der Waals surface area contributed by atoms with Crippen LogP contribution in [-0.4, -0.2) is 29.2 Å². The van der Waals surface area contributed by atoms with Gasteiger partial charge in [0.1, 0.15) is 5.04 Å². The van der Waals surface area contributed by atoms with E-state index in [1.54, 1.807) is 0 Å². The van der Waals surface area contributed by atoms with Crippen LogP contribution in [0.1, 0.15) is 20.3 Å². The molecule has 1 rings (SSSR count). The van der Waals surface area contributed by atoms with Crippen molar-refractivity contribution in [3.8, 4) is 0 Å². The maximum absolute atomic E-state index is 11.7. The standard InChI is InChI=1S/C9H16N2OS/c1-3-6(2)7(10)8(12)9-11-4-5-13-9/h6-7H,3-5,10H2,1-2H3/t6-,7-/m0/s1. The Morgan fingerprint density at radius 2 is 2.46 bits per heavy atom. The van der Waals surface area contributed by atoms with Gasteiger partial charge in [-0.3, -0.25) is 9.79 Å². The van der Waals surface area contributed by atoms with E-state index in [1.165, 1.54) is 11.8 Å². The molecule has 0 saturated heterocycles. The van der Waals surface area contributed by atoms with Crippen LogP contribution in [0.25, 0.3) is 0 Å². The molecule has 13 heavy (non-hydrogen) atoms. The second-order valence-corrected chi connectivity index (χ2v) is 4.39. The largest absolute Gasteiger partial charge is 0.321 e. The lowest BCUT2D eigenvalue weighted by Gasteiger charge is -2.16. The van der Waals surface area contributed by atoms with Gasteiger partial charge in [0, 0.05) is 12.3 Å². The molecule has 3 nitrogen and oxygen atoms in total. The zero-order valence-corrected chi connectivity index (χ0v) is 8.93. The van der Waals surface area contributed by atoms with Gasteiger partial charge in [-0.25, -0.2) is 0 Å². The molecule has 0 bridgehead atoms. The SMILES string of the molecule is CC[C@H](C)[C@H](N)C(=O)C1=NCCS1. The number of carbonyl (C=O) groups excluding carboxylic acids is 1. The highest BCUT2D eigenvalue weighted by Crippen LogP contribution is 2.16. The van der Waals surface area contributed by atoms with Gasteiger partial charge in [0.25, 0.3) is 0 Å². The van der Waals surface area contributed by atoms with Crippen LogP contribution in [0, 0.1) is 5.92 Å². The minimum Gasteiger partial charge on any atom is -0.321 e. The Hall–Kier alpha value is -0.350. The van der Waals surface area contributed by atoms with Crippen molar-refractivity contribution in [3.05, 3.63) is 0 Å². The van der Waals surface area contributed by atoms with E-state index in [0.29, 0.717) is 5.04 Å². The Bertz CT molecular complexity index is 228. The molecule has 0 aromatic rings. The summed E-state index contributed by atoms with van der Waals surface area (Å²) in [5.41, 5.74) is 5.81. The first-order valence-electron chi connectivity index (χ1n) is 4.63. The normalized spacial score (nSPS) is 21.0. The van der Waals surface area contributed by atoms with E-state index in [0.717, 1.165) is 18.7 Å². The minimum absolute atomic E-state index is 0.0249. The number of aliphatic imine (C=N–C) groups is 1. The second-order valence-electron chi connectivity index (χ2n) is 3.31. The number of carbonyl (C=O) groups is 1. The molecule has 0 aromatic carbocycles. The third-order valence-electron chi connectivity index (χ3n) is 2.36. The molecule has 0 radical (unpaired) electrons. The van der Waals surface area contributed by atoms with Crippen LogP contribution in [-0.2, 0) is 4.79 Å². The molecule has 0 amide bonds. The van der Waals surface area contributed by atoms with Crippen molar-refractivity contribution in [2.24, 2.45) is 16.6 Å². The first-order valence-corrected chi connectivity index (χ1v) is 5.62. The number of Topliss-reactive ketones (excluding diaryl/α,β-unsaturated/α-hetero) is 1. The Kier molecular flexibility index (Phi) is 3.93. The van der Waals surface area contributed by atoms with E-state index >= 15 is 0 Å². The predicted molar refractivity (Wildman–Crippen MR) is 57.2 cm³/mol. The summed E-state index contributed by atoms with van der Waals surface area (Å²) in [6.45, 7) is 4.81. The van der Waals surface area contributed by atoms with E-state index in [4.69, 9.17) is 5.73 Å². The molecule has 0 aromatic heterocycles. The number of rotatable bonds is 4. The topological polar surface area (TPSA) is 55.5 Å². The average Bonchev–Trinajstić information content (AvgIpc) is 2.67. The van der Waals surface area contributed by atoms with Crippen LogP contribution in [0.15, 0.2) is 4.99 Å². The zero-order chi connectivity index (χ0) is 9.84. The van der Waals surface area contributed by atoms with Crippen molar-refractivity contribution in [3.63, 3.8) is 0 Å². The molecule has 2 atom stereocenters. The van der Waals surface area contributed by atoms with Crippen molar-refractivity contribution >= 4 is 22.6 Å². The summed E-state index contributed by atoms with van der Waals surface area (Å²) in [6.07, 6.45) is 0.935. The maximum atomic E-state index is 11.7. The van der Waals surface area contributed by atoms with E-state index in [2.05, 4.69) is 4.99 Å². The number of nitrogens with zero attached hydrogens (tertiary/aromatic N) is 1. The van der Waals surface area contributed by atoms with Gasteiger partial charge in [-0.1, -0.05) is 20.3 Å². The predicted octanol–water partition coefficient (Wildman–Crippen LogP) is 1.07. The highest BCUT2D eigenvalue weighted by molar-refractivity contribution is 8.16. The molecular weight excluding hydrogens is 184 g/mol. The van der Waals surface area contributed by atoms with Crippen LogP contribution in [0.3, 0.4) is 0 Å². The molecule has 0 aliphatic carbocycles. The summed E-state index contributed by atoms with van der Waals surface area (Å²) < 4.78 is 0. The smallest absolute Gasteiger partial charge is 0.204 e. The molecule has 1 aliphatic heterocycles. The monoisotopic (exact) mass is 200 g/mol. The van der Waals surface area contributed by atoms with Crippen LogP contribution < -0.4 is 5.73 Å². The fourth-order valence-electron chi connectivity index (χ4n) is 1.14. The van der Waals surface area contributed by atoms with E-state index in [9.17, 15) is 4.79 Å². The van der Waals surface area contributed by atoms with Crippen molar-refractivity contribution in [2.75, 3.05) is 12.3 Å². The summed E-state index contributed by atoms with van der Waals surface area (Å²) in [5, 5.41) is 0.632. The molecule has 0 unspecified atom stereocenters. The molecule has 1 heterocycles. The molecule has 0 spiro atoms. The Balaban J connectivity index is 2.56. The average molecular weight is 200 g/mol. The maximum Gasteiger partial charge on any atom is 0.204 e. The molecule has 0 fully saturated rings. The summed E-state index contributed by atoms with van der Waals surface area (Å²) >= 11 is 1.53. The first-order chi connectivity index (χ1) is 6.16. The van der Waals surface area contributed by atoms with Crippen LogP contribution in [0.5, 0.6) is 0 Å². The van der Waals surface area contributed by atoms with Crippen LogP contribution in [0.4, 0.5) is 0 Å². The third kappa shape index (κ3) is 2.54. The number of nitrogens with two attached hydrogens (primary N) is 1. The van der Waals surface area contributed by atoms with E-state index in [1.807, 2.05) is 13.8 Å².